The molecule has 0 saturated carbocycles. The van der Waals surface area contributed by atoms with E-state index in [1.54, 1.807) is 13.0 Å². The quantitative estimate of drug-likeness (QED) is 0.813. The Kier molecular flexibility index (Phi) is 4.55. The molecular formula is C18H20N2O3. The Morgan fingerprint density at radius 2 is 1.96 bits per heavy atom. The van der Waals surface area contributed by atoms with E-state index in [1.807, 2.05) is 6.07 Å². The van der Waals surface area contributed by atoms with Crippen molar-refractivity contribution in [3.63, 3.8) is 0 Å². The molecule has 0 radical (unpaired) electrons. The van der Waals surface area contributed by atoms with Crippen LogP contribution in [-0.4, -0.2) is 22.4 Å². The molecule has 1 aliphatic carbocycles. The molecule has 5 nitrogen and oxygen atoms in total. The number of ether oxygens (including phenoxy) is 1. The van der Waals surface area contributed by atoms with E-state index in [2.05, 4.69) is 17.2 Å². The molecule has 1 aromatic carbocycles. The summed E-state index contributed by atoms with van der Waals surface area (Å²) in [6, 6.07) is 9.48. The van der Waals surface area contributed by atoms with Crippen molar-refractivity contribution in [1.82, 2.24) is 9.78 Å². The number of rotatable bonds is 4. The Labute approximate surface area is 134 Å². The molecule has 1 heterocycles. The molecule has 0 aliphatic heterocycles. The predicted molar refractivity (Wildman–Crippen MR) is 87.2 cm³/mol. The van der Waals surface area contributed by atoms with Gasteiger partial charge < -0.3 is 4.74 Å². The number of aryl methyl sites for hydroxylation is 2. The first-order valence-electron chi connectivity index (χ1n) is 8.03. The van der Waals surface area contributed by atoms with Crippen LogP contribution in [0, 0.1) is 0 Å². The van der Waals surface area contributed by atoms with Gasteiger partial charge in [-0.05, 0) is 55.9 Å². The third-order valence-electron chi connectivity index (χ3n) is 4.10. The van der Waals surface area contributed by atoms with Crippen molar-refractivity contribution in [2.75, 3.05) is 6.61 Å². The Morgan fingerprint density at radius 3 is 2.74 bits per heavy atom. The van der Waals surface area contributed by atoms with Crippen LogP contribution in [0.4, 0.5) is 0 Å². The van der Waals surface area contributed by atoms with E-state index in [1.165, 1.54) is 30.0 Å². The van der Waals surface area contributed by atoms with E-state index < -0.39 is 5.97 Å². The second kappa shape index (κ2) is 6.77. The highest BCUT2D eigenvalue weighted by atomic mass is 16.5. The summed E-state index contributed by atoms with van der Waals surface area (Å²) in [5, 5.41) is 4.32. The zero-order valence-corrected chi connectivity index (χ0v) is 13.2. The van der Waals surface area contributed by atoms with Crippen molar-refractivity contribution >= 4 is 5.97 Å². The van der Waals surface area contributed by atoms with Gasteiger partial charge in [0.15, 0.2) is 0 Å². The van der Waals surface area contributed by atoms with Gasteiger partial charge in [0.2, 0.25) is 0 Å². The summed E-state index contributed by atoms with van der Waals surface area (Å²) in [6.45, 7) is 1.86. The summed E-state index contributed by atoms with van der Waals surface area (Å²) in [5.41, 5.74) is 4.13. The first-order valence-corrected chi connectivity index (χ1v) is 8.03. The van der Waals surface area contributed by atoms with E-state index in [-0.39, 0.29) is 18.7 Å². The lowest BCUT2D eigenvalue weighted by Gasteiger charge is -2.16. The third-order valence-corrected chi connectivity index (χ3v) is 4.10. The van der Waals surface area contributed by atoms with Crippen LogP contribution in [0.25, 0.3) is 11.3 Å². The van der Waals surface area contributed by atoms with Gasteiger partial charge in [-0.3, -0.25) is 9.59 Å². The maximum absolute atomic E-state index is 11.9. The van der Waals surface area contributed by atoms with Gasteiger partial charge in [0.05, 0.1) is 12.3 Å². The lowest BCUT2D eigenvalue weighted by molar-refractivity contribution is -0.144. The van der Waals surface area contributed by atoms with Crippen molar-refractivity contribution < 1.29 is 9.53 Å². The average Bonchev–Trinajstić information content (AvgIpc) is 2.56. The molecule has 3 rings (SSSR count). The van der Waals surface area contributed by atoms with E-state index in [0.717, 1.165) is 23.1 Å². The minimum Gasteiger partial charge on any atom is -0.465 e. The molecule has 0 atom stereocenters. The smallest absolute Gasteiger partial charge is 0.327 e. The van der Waals surface area contributed by atoms with Gasteiger partial charge in [-0.25, -0.2) is 4.68 Å². The van der Waals surface area contributed by atoms with Crippen LogP contribution in [0.15, 0.2) is 35.1 Å². The molecule has 0 spiro atoms. The molecule has 0 unspecified atom stereocenters. The highest BCUT2D eigenvalue weighted by Crippen LogP contribution is 2.26. The molecule has 1 aromatic heterocycles. The minimum absolute atomic E-state index is 0.161. The average molecular weight is 312 g/mol. The number of fused-ring (bicyclic) bond motifs is 1. The van der Waals surface area contributed by atoms with Gasteiger partial charge in [-0.1, -0.05) is 12.1 Å². The van der Waals surface area contributed by atoms with Crippen LogP contribution < -0.4 is 5.56 Å². The number of carbonyl (C=O) groups is 1. The third kappa shape index (κ3) is 3.50. The SMILES string of the molecule is CCOC(=O)Cn1nc(-c2ccc3c(c2)CCCC3)ccc1=O. The van der Waals surface area contributed by atoms with Crippen molar-refractivity contribution in [2.45, 2.75) is 39.2 Å². The minimum atomic E-state index is -0.454. The second-order valence-corrected chi connectivity index (χ2v) is 5.71. The molecule has 120 valence electrons. The summed E-state index contributed by atoms with van der Waals surface area (Å²) in [6.07, 6.45) is 4.68. The van der Waals surface area contributed by atoms with Crippen LogP contribution in [0.1, 0.15) is 30.9 Å². The zero-order chi connectivity index (χ0) is 16.2. The Balaban J connectivity index is 1.91. The second-order valence-electron chi connectivity index (χ2n) is 5.71. The van der Waals surface area contributed by atoms with Crippen molar-refractivity contribution in [3.05, 3.63) is 51.8 Å². The maximum atomic E-state index is 11.9. The van der Waals surface area contributed by atoms with Crippen LogP contribution >= 0.6 is 0 Å². The summed E-state index contributed by atoms with van der Waals surface area (Å²) in [7, 11) is 0. The fourth-order valence-corrected chi connectivity index (χ4v) is 2.94. The van der Waals surface area contributed by atoms with Gasteiger partial charge in [0, 0.05) is 11.6 Å². The van der Waals surface area contributed by atoms with E-state index in [9.17, 15) is 9.59 Å². The highest BCUT2D eigenvalue weighted by Gasteiger charge is 2.12. The number of carbonyl (C=O) groups excluding carboxylic acids is 1. The maximum Gasteiger partial charge on any atom is 0.327 e. The molecular weight excluding hydrogens is 292 g/mol. The van der Waals surface area contributed by atoms with Crippen molar-refractivity contribution in [3.8, 4) is 11.3 Å². The monoisotopic (exact) mass is 312 g/mol. The van der Waals surface area contributed by atoms with Gasteiger partial charge in [-0.2, -0.15) is 5.10 Å². The number of nitrogens with zero attached hydrogens (tertiary/aromatic N) is 2. The Morgan fingerprint density at radius 1 is 1.17 bits per heavy atom. The topological polar surface area (TPSA) is 61.2 Å². The van der Waals surface area contributed by atoms with Crippen molar-refractivity contribution in [2.24, 2.45) is 0 Å². The van der Waals surface area contributed by atoms with Crippen LogP contribution in [0.2, 0.25) is 0 Å². The van der Waals surface area contributed by atoms with Crippen LogP contribution in [-0.2, 0) is 28.9 Å². The molecule has 0 N–H and O–H groups in total. The van der Waals surface area contributed by atoms with Crippen LogP contribution in [0.5, 0.6) is 0 Å². The first kappa shape index (κ1) is 15.5. The summed E-state index contributed by atoms with van der Waals surface area (Å²) in [5.74, 6) is -0.454. The molecule has 1 aliphatic rings. The lowest BCUT2D eigenvalue weighted by atomic mass is 9.90. The first-order chi connectivity index (χ1) is 11.2. The summed E-state index contributed by atoms with van der Waals surface area (Å²) >= 11 is 0. The molecule has 2 aromatic rings. The van der Waals surface area contributed by atoms with Gasteiger partial charge in [0.1, 0.15) is 6.54 Å². The lowest BCUT2D eigenvalue weighted by Crippen LogP contribution is -2.27. The van der Waals surface area contributed by atoms with Gasteiger partial charge in [-0.15, -0.1) is 0 Å². The molecule has 23 heavy (non-hydrogen) atoms. The van der Waals surface area contributed by atoms with Crippen molar-refractivity contribution in [1.29, 1.82) is 0 Å². The fourth-order valence-electron chi connectivity index (χ4n) is 2.94. The number of hydrogen-bond donors (Lipinski definition) is 0. The van der Waals surface area contributed by atoms with Gasteiger partial charge >= 0.3 is 5.97 Å². The fraction of sp³-hybridized carbons (Fsp3) is 0.389. The number of benzene rings is 1. The largest absolute Gasteiger partial charge is 0.465 e. The Bertz CT molecular complexity index is 780. The zero-order valence-electron chi connectivity index (χ0n) is 13.2. The normalized spacial score (nSPS) is 13.4. The van der Waals surface area contributed by atoms with Crippen LogP contribution in [0.3, 0.4) is 0 Å². The number of hydrogen-bond acceptors (Lipinski definition) is 4. The summed E-state index contributed by atoms with van der Waals surface area (Å²) < 4.78 is 6.04. The van der Waals surface area contributed by atoms with E-state index >= 15 is 0 Å². The van der Waals surface area contributed by atoms with Gasteiger partial charge in [0.25, 0.3) is 5.56 Å². The molecule has 5 heteroatoms. The summed E-state index contributed by atoms with van der Waals surface area (Å²) in [4.78, 5) is 23.4. The molecule has 0 saturated heterocycles. The molecule has 0 amide bonds. The number of aromatic nitrogens is 2. The van der Waals surface area contributed by atoms with E-state index in [4.69, 9.17) is 4.74 Å². The molecule has 0 fully saturated rings. The number of esters is 1. The standard InChI is InChI=1S/C18H20N2O3/c1-2-23-18(22)12-20-17(21)10-9-16(19-20)15-8-7-13-5-3-4-6-14(13)11-15/h7-11H,2-6,12H2,1H3. The van der Waals surface area contributed by atoms with E-state index in [0.29, 0.717) is 5.69 Å². The highest BCUT2D eigenvalue weighted by molar-refractivity contribution is 5.69. The predicted octanol–water partition coefficient (Wildman–Crippen LogP) is 2.35. The Hall–Kier alpha value is -2.43. The molecule has 0 bridgehead atoms.